The third-order valence-corrected chi connectivity index (χ3v) is 5.71. The van der Waals surface area contributed by atoms with Gasteiger partial charge in [0, 0.05) is 36.9 Å². The fourth-order valence-electron chi connectivity index (χ4n) is 4.12. The number of benzene rings is 1. The van der Waals surface area contributed by atoms with Crippen molar-refractivity contribution in [1.82, 2.24) is 14.9 Å². The van der Waals surface area contributed by atoms with Crippen molar-refractivity contribution in [3.8, 4) is 0 Å². The highest BCUT2D eigenvalue weighted by atomic mass is 16.2. The van der Waals surface area contributed by atoms with Crippen molar-refractivity contribution in [1.29, 1.82) is 0 Å². The SMILES string of the molecule is CCc1[nH]c2c(CNc3ccc(C(=O)N4CCCC4)cn3)cc(C)cc2c1C. The third kappa shape index (κ3) is 3.49. The number of hydrogen-bond donors (Lipinski definition) is 2. The molecular formula is C23H28N4O. The van der Waals surface area contributed by atoms with Crippen LogP contribution in [-0.4, -0.2) is 33.9 Å². The van der Waals surface area contributed by atoms with Gasteiger partial charge in [-0.3, -0.25) is 4.79 Å². The number of aromatic amines is 1. The van der Waals surface area contributed by atoms with Gasteiger partial charge in [-0.25, -0.2) is 4.98 Å². The van der Waals surface area contributed by atoms with Gasteiger partial charge < -0.3 is 15.2 Å². The summed E-state index contributed by atoms with van der Waals surface area (Å²) in [5.74, 6) is 0.873. The fraction of sp³-hybridized carbons (Fsp3) is 0.391. The average Bonchev–Trinajstić information content (AvgIpc) is 3.35. The summed E-state index contributed by atoms with van der Waals surface area (Å²) in [5.41, 5.74) is 6.99. The van der Waals surface area contributed by atoms with E-state index in [-0.39, 0.29) is 5.91 Å². The van der Waals surface area contributed by atoms with E-state index < -0.39 is 0 Å². The number of nitrogens with one attached hydrogen (secondary N) is 2. The van der Waals surface area contributed by atoms with E-state index in [0.717, 1.165) is 38.2 Å². The molecule has 5 heteroatoms. The van der Waals surface area contributed by atoms with Crippen molar-refractivity contribution in [2.75, 3.05) is 18.4 Å². The number of fused-ring (bicyclic) bond motifs is 1. The lowest BCUT2D eigenvalue weighted by Gasteiger charge is -2.15. The summed E-state index contributed by atoms with van der Waals surface area (Å²) in [7, 11) is 0. The largest absolute Gasteiger partial charge is 0.366 e. The first-order valence-electron chi connectivity index (χ1n) is 10.2. The number of amides is 1. The van der Waals surface area contributed by atoms with Gasteiger partial charge in [0.05, 0.1) is 11.1 Å². The van der Waals surface area contributed by atoms with Gasteiger partial charge in [0.25, 0.3) is 5.91 Å². The molecule has 1 aliphatic heterocycles. The zero-order valence-electron chi connectivity index (χ0n) is 16.9. The number of anilines is 1. The van der Waals surface area contributed by atoms with Gasteiger partial charge in [0.15, 0.2) is 0 Å². The lowest BCUT2D eigenvalue weighted by atomic mass is 10.0. The minimum Gasteiger partial charge on any atom is -0.366 e. The summed E-state index contributed by atoms with van der Waals surface area (Å²) in [6.07, 6.45) is 4.88. The van der Waals surface area contributed by atoms with E-state index in [1.54, 1.807) is 6.20 Å². The molecule has 4 rings (SSSR count). The number of aryl methyl sites for hydroxylation is 3. The molecule has 0 radical (unpaired) electrons. The van der Waals surface area contributed by atoms with E-state index in [9.17, 15) is 4.79 Å². The predicted molar refractivity (Wildman–Crippen MR) is 114 cm³/mol. The van der Waals surface area contributed by atoms with Crippen LogP contribution in [0.1, 0.15) is 52.5 Å². The minimum atomic E-state index is 0.0888. The molecule has 0 saturated carbocycles. The van der Waals surface area contributed by atoms with E-state index >= 15 is 0 Å². The van der Waals surface area contributed by atoms with Gasteiger partial charge >= 0.3 is 0 Å². The average molecular weight is 377 g/mol. The molecule has 2 aromatic heterocycles. The Morgan fingerprint density at radius 1 is 1.21 bits per heavy atom. The Balaban J connectivity index is 1.51. The lowest BCUT2D eigenvalue weighted by Crippen LogP contribution is -2.27. The Morgan fingerprint density at radius 3 is 2.68 bits per heavy atom. The Bertz CT molecular complexity index is 998. The first-order valence-corrected chi connectivity index (χ1v) is 10.2. The Kier molecular flexibility index (Phi) is 5.07. The molecule has 0 aliphatic carbocycles. The van der Waals surface area contributed by atoms with Gasteiger partial charge in [0.1, 0.15) is 5.82 Å². The number of nitrogens with zero attached hydrogens (tertiary/aromatic N) is 2. The van der Waals surface area contributed by atoms with Gasteiger partial charge in [-0.2, -0.15) is 0 Å². The maximum Gasteiger partial charge on any atom is 0.255 e. The van der Waals surface area contributed by atoms with E-state index in [4.69, 9.17) is 0 Å². The molecule has 0 atom stereocenters. The Hall–Kier alpha value is -2.82. The van der Waals surface area contributed by atoms with E-state index in [0.29, 0.717) is 12.1 Å². The fourth-order valence-corrected chi connectivity index (χ4v) is 4.12. The second kappa shape index (κ2) is 7.66. The quantitative estimate of drug-likeness (QED) is 0.685. The molecule has 1 fully saturated rings. The molecule has 1 saturated heterocycles. The van der Waals surface area contributed by atoms with Crippen molar-refractivity contribution in [3.63, 3.8) is 0 Å². The lowest BCUT2D eigenvalue weighted by molar-refractivity contribution is 0.0792. The normalized spacial score (nSPS) is 14.0. The van der Waals surface area contributed by atoms with E-state index in [1.165, 1.54) is 33.3 Å². The van der Waals surface area contributed by atoms with Crippen LogP contribution in [-0.2, 0) is 13.0 Å². The van der Waals surface area contributed by atoms with Crippen LogP contribution >= 0.6 is 0 Å². The Labute approximate surface area is 166 Å². The third-order valence-electron chi connectivity index (χ3n) is 5.71. The number of rotatable bonds is 5. The van der Waals surface area contributed by atoms with Crippen molar-refractivity contribution in [2.24, 2.45) is 0 Å². The van der Waals surface area contributed by atoms with Gasteiger partial charge in [-0.05, 0) is 62.4 Å². The van der Waals surface area contributed by atoms with Gasteiger partial charge in [0.2, 0.25) is 0 Å². The molecule has 28 heavy (non-hydrogen) atoms. The van der Waals surface area contributed by atoms with Crippen LogP contribution in [0.15, 0.2) is 30.5 Å². The summed E-state index contributed by atoms with van der Waals surface area (Å²) >= 11 is 0. The topological polar surface area (TPSA) is 61.0 Å². The molecule has 1 aromatic carbocycles. The molecule has 1 aliphatic rings. The number of hydrogen-bond acceptors (Lipinski definition) is 3. The van der Waals surface area contributed by atoms with Crippen LogP contribution in [0.3, 0.4) is 0 Å². The first-order chi connectivity index (χ1) is 13.6. The molecule has 3 heterocycles. The van der Waals surface area contributed by atoms with Crippen molar-refractivity contribution >= 4 is 22.6 Å². The molecule has 0 unspecified atom stereocenters. The smallest absolute Gasteiger partial charge is 0.255 e. The number of H-pyrrole nitrogens is 1. The summed E-state index contributed by atoms with van der Waals surface area (Å²) in [4.78, 5) is 22.4. The summed E-state index contributed by atoms with van der Waals surface area (Å²) in [6.45, 7) is 8.91. The standard InChI is InChI=1S/C23H28N4O/c1-4-20-16(3)19-12-15(2)11-18(22(19)26-20)14-25-21-8-7-17(13-24-21)23(28)27-9-5-6-10-27/h7-8,11-13,26H,4-6,9-10,14H2,1-3H3,(H,24,25). The van der Waals surface area contributed by atoms with Gasteiger partial charge in [-0.1, -0.05) is 18.6 Å². The predicted octanol–water partition coefficient (Wildman–Crippen LogP) is 4.59. The van der Waals surface area contributed by atoms with Crippen LogP contribution in [0, 0.1) is 13.8 Å². The second-order valence-corrected chi connectivity index (χ2v) is 7.71. The molecule has 2 N–H and O–H groups in total. The zero-order valence-corrected chi connectivity index (χ0v) is 16.9. The molecule has 5 nitrogen and oxygen atoms in total. The van der Waals surface area contributed by atoms with Crippen molar-refractivity contribution in [2.45, 2.75) is 46.6 Å². The first kappa shape index (κ1) is 18.5. The number of pyridine rings is 1. The number of carbonyl (C=O) groups is 1. The van der Waals surface area contributed by atoms with Crippen molar-refractivity contribution in [3.05, 3.63) is 58.4 Å². The highest BCUT2D eigenvalue weighted by molar-refractivity contribution is 5.94. The Morgan fingerprint density at radius 2 is 2.00 bits per heavy atom. The van der Waals surface area contributed by atoms with E-state index in [1.807, 2.05) is 17.0 Å². The van der Waals surface area contributed by atoms with Crippen LogP contribution in [0.25, 0.3) is 10.9 Å². The van der Waals surface area contributed by atoms with Crippen LogP contribution < -0.4 is 5.32 Å². The van der Waals surface area contributed by atoms with Crippen LogP contribution in [0.4, 0.5) is 5.82 Å². The highest BCUT2D eigenvalue weighted by Crippen LogP contribution is 2.27. The molecular weight excluding hydrogens is 348 g/mol. The summed E-state index contributed by atoms with van der Waals surface area (Å²) in [5, 5.41) is 4.71. The van der Waals surface area contributed by atoms with Crippen LogP contribution in [0.5, 0.6) is 0 Å². The molecule has 0 bridgehead atoms. The number of likely N-dealkylation sites (tertiary alicyclic amines) is 1. The maximum atomic E-state index is 12.4. The molecule has 0 spiro atoms. The molecule has 1 amide bonds. The van der Waals surface area contributed by atoms with E-state index in [2.05, 4.69) is 48.2 Å². The number of aromatic nitrogens is 2. The summed E-state index contributed by atoms with van der Waals surface area (Å²) < 4.78 is 0. The number of carbonyl (C=O) groups excluding carboxylic acids is 1. The van der Waals surface area contributed by atoms with Crippen LogP contribution in [0.2, 0.25) is 0 Å². The monoisotopic (exact) mass is 376 g/mol. The van der Waals surface area contributed by atoms with Crippen molar-refractivity contribution < 1.29 is 4.79 Å². The van der Waals surface area contributed by atoms with Gasteiger partial charge in [-0.15, -0.1) is 0 Å². The second-order valence-electron chi connectivity index (χ2n) is 7.71. The zero-order chi connectivity index (χ0) is 19.7. The summed E-state index contributed by atoms with van der Waals surface area (Å²) in [6, 6.07) is 8.24. The molecule has 3 aromatic rings. The molecule has 146 valence electrons. The maximum absolute atomic E-state index is 12.4. The minimum absolute atomic E-state index is 0.0888. The highest BCUT2D eigenvalue weighted by Gasteiger charge is 2.19.